The van der Waals surface area contributed by atoms with Gasteiger partial charge in [-0.05, 0) is 32.0 Å². The van der Waals surface area contributed by atoms with Crippen LogP contribution in [0.5, 0.6) is 0 Å². The quantitative estimate of drug-likeness (QED) is 0.288. The highest BCUT2D eigenvalue weighted by Crippen LogP contribution is 1.89. The molecule has 0 heterocycles. The van der Waals surface area contributed by atoms with Gasteiger partial charge in [-0.1, -0.05) is 6.04 Å². The third-order valence-electron chi connectivity index (χ3n) is 2.69. The number of aliphatic hydroxyl groups is 1. The highest BCUT2D eigenvalue weighted by atomic mass is 28.3. The van der Waals surface area contributed by atoms with Crippen LogP contribution in [0.15, 0.2) is 0 Å². The molecular formula is C12H30N2O3Si2. The molecule has 7 heteroatoms. The lowest BCUT2D eigenvalue weighted by atomic mass is 10.3. The lowest BCUT2D eigenvalue weighted by molar-refractivity contribution is 0.0375. The van der Waals surface area contributed by atoms with E-state index in [1.54, 1.807) is 6.55 Å². The van der Waals surface area contributed by atoms with Gasteiger partial charge < -0.3 is 24.9 Å². The summed E-state index contributed by atoms with van der Waals surface area (Å²) in [7, 11) is -0.0801. The molecule has 0 aromatic carbocycles. The minimum atomic E-state index is -1.31. The number of hydrogen-bond donors (Lipinski definition) is 3. The first kappa shape index (κ1) is 19.1. The smallest absolute Gasteiger partial charge is 0.273 e. The van der Waals surface area contributed by atoms with Gasteiger partial charge in [0.2, 0.25) is 0 Å². The average molecular weight is 307 g/mol. The third kappa shape index (κ3) is 16.0. The summed E-state index contributed by atoms with van der Waals surface area (Å²) in [6, 6.07) is 2.09. The first-order chi connectivity index (χ1) is 9.16. The molecule has 0 aliphatic carbocycles. The molecule has 0 saturated heterocycles. The molecule has 0 bridgehead atoms. The monoisotopic (exact) mass is 306 g/mol. The molecule has 3 N–H and O–H groups in total. The molecule has 1 atom stereocenters. The van der Waals surface area contributed by atoms with E-state index >= 15 is 0 Å². The Bertz CT molecular complexity index is 221. The molecular weight excluding hydrogens is 276 g/mol. The fourth-order valence-corrected chi connectivity index (χ4v) is 2.52. The second-order valence-corrected chi connectivity index (χ2v) is 7.75. The largest absolute Gasteiger partial charge is 0.389 e. The lowest BCUT2D eigenvalue weighted by Gasteiger charge is -2.12. The molecule has 0 fully saturated rings. The Balaban J connectivity index is 3.14. The van der Waals surface area contributed by atoms with E-state index in [-0.39, 0.29) is 0 Å². The molecule has 0 spiro atoms. The van der Waals surface area contributed by atoms with Crippen LogP contribution in [0.4, 0.5) is 0 Å². The number of hydrogen-bond acceptors (Lipinski definition) is 5. The van der Waals surface area contributed by atoms with Crippen molar-refractivity contribution >= 4 is 18.9 Å². The van der Waals surface area contributed by atoms with E-state index in [1.165, 1.54) is 16.3 Å². The molecule has 0 aliphatic heterocycles. The molecule has 0 radical (unpaired) electrons. The Morgan fingerprint density at radius 3 is 2.68 bits per heavy atom. The normalized spacial score (nSPS) is 12.7. The maximum Gasteiger partial charge on any atom is 0.273 e. The maximum atomic E-state index is 10.9. The summed E-state index contributed by atoms with van der Waals surface area (Å²) in [4.78, 5) is 0. The van der Waals surface area contributed by atoms with Crippen LogP contribution >= 0.6 is 0 Å². The van der Waals surface area contributed by atoms with E-state index in [0.717, 1.165) is 45.1 Å². The van der Waals surface area contributed by atoms with Gasteiger partial charge in [-0.2, -0.15) is 0 Å². The van der Waals surface area contributed by atoms with Gasteiger partial charge in [-0.15, -0.1) is 0 Å². The molecule has 5 nitrogen and oxygen atoms in total. The fraction of sp³-hybridized carbons (Fsp3) is 1.00. The van der Waals surface area contributed by atoms with E-state index in [0.29, 0.717) is 13.2 Å². The summed E-state index contributed by atoms with van der Waals surface area (Å²) < 4.78 is 16.2. The predicted octanol–water partition coefficient (Wildman–Crippen LogP) is -0.841. The maximum absolute atomic E-state index is 10.9. The summed E-state index contributed by atoms with van der Waals surface area (Å²) in [5.74, 6) is 0. The Hall–Kier alpha value is 0.0738. The Labute approximate surface area is 121 Å². The zero-order valence-corrected chi connectivity index (χ0v) is 15.4. The van der Waals surface area contributed by atoms with Crippen molar-refractivity contribution in [3.05, 3.63) is 0 Å². The van der Waals surface area contributed by atoms with Crippen molar-refractivity contribution in [2.75, 3.05) is 39.4 Å². The Morgan fingerprint density at radius 1 is 1.26 bits per heavy atom. The van der Waals surface area contributed by atoms with Crippen molar-refractivity contribution in [3.8, 4) is 0 Å². The zero-order valence-electron chi connectivity index (χ0n) is 12.4. The first-order valence-electron chi connectivity index (χ1n) is 7.33. The number of nitrogens with one attached hydrogen (secondary N) is 2. The summed E-state index contributed by atoms with van der Waals surface area (Å²) in [6.07, 6.45) is 1.67. The van der Waals surface area contributed by atoms with Crippen LogP contribution in [0.3, 0.4) is 0 Å². The second kappa shape index (κ2) is 14.5. The first-order valence-corrected chi connectivity index (χ1v) is 10.9. The van der Waals surface area contributed by atoms with Crippen molar-refractivity contribution in [2.45, 2.75) is 37.6 Å². The van der Waals surface area contributed by atoms with Crippen molar-refractivity contribution in [1.29, 1.82) is 0 Å². The van der Waals surface area contributed by atoms with Crippen LogP contribution in [-0.4, -0.2) is 69.5 Å². The van der Waals surface area contributed by atoms with E-state index in [2.05, 4.69) is 10.6 Å². The lowest BCUT2D eigenvalue weighted by Crippen LogP contribution is -2.35. The van der Waals surface area contributed by atoms with Gasteiger partial charge in [0.1, 0.15) is 0 Å². The van der Waals surface area contributed by atoms with Crippen LogP contribution in [0.1, 0.15) is 12.8 Å². The highest BCUT2D eigenvalue weighted by Gasteiger charge is 2.02. The molecule has 114 valence electrons. The van der Waals surface area contributed by atoms with Crippen LogP contribution < -0.4 is 10.6 Å². The van der Waals surface area contributed by atoms with Gasteiger partial charge in [0, 0.05) is 36.5 Å². The minimum absolute atomic E-state index is 0.417. The minimum Gasteiger partial charge on any atom is -0.389 e. The highest BCUT2D eigenvalue weighted by molar-refractivity contribution is 6.40. The topological polar surface area (TPSA) is 70.6 Å². The van der Waals surface area contributed by atoms with Crippen LogP contribution in [0.25, 0.3) is 0 Å². The van der Waals surface area contributed by atoms with Crippen molar-refractivity contribution in [2.24, 2.45) is 0 Å². The van der Waals surface area contributed by atoms with Crippen LogP contribution in [-0.2, 0) is 9.20 Å². The summed E-state index contributed by atoms with van der Waals surface area (Å²) in [6.45, 7) is 6.19. The van der Waals surface area contributed by atoms with Gasteiger partial charge in [0.05, 0.1) is 12.7 Å². The molecule has 0 aliphatic rings. The van der Waals surface area contributed by atoms with Crippen molar-refractivity contribution in [1.82, 2.24) is 10.6 Å². The van der Waals surface area contributed by atoms with Gasteiger partial charge in [0.25, 0.3) is 8.68 Å². The molecule has 0 rings (SSSR count). The van der Waals surface area contributed by atoms with E-state index < -0.39 is 14.8 Å². The predicted molar refractivity (Wildman–Crippen MR) is 83.7 cm³/mol. The number of rotatable bonds is 14. The standard InChI is InChI=1S/C12H30N2O3Si2/c1-19(16)9-2-4-13-5-6-14-10-12(15)11-17-7-3-8-18/h12-15H,2-11H2,1,18H3. The average Bonchev–Trinajstić information content (AvgIpc) is 2.37. The zero-order chi connectivity index (χ0) is 14.3. The molecule has 0 saturated carbocycles. The van der Waals surface area contributed by atoms with Gasteiger partial charge in [0.15, 0.2) is 0 Å². The molecule has 1 unspecified atom stereocenters. The summed E-state index contributed by atoms with van der Waals surface area (Å²) in [5, 5.41) is 16.1. The summed E-state index contributed by atoms with van der Waals surface area (Å²) >= 11 is 0. The second-order valence-electron chi connectivity index (χ2n) is 4.84. The molecule has 0 aromatic heterocycles. The molecule has 19 heavy (non-hydrogen) atoms. The van der Waals surface area contributed by atoms with Crippen molar-refractivity contribution < 1.29 is 14.3 Å². The fourth-order valence-electron chi connectivity index (χ4n) is 1.56. The van der Waals surface area contributed by atoms with Gasteiger partial charge >= 0.3 is 0 Å². The Morgan fingerprint density at radius 2 is 2.00 bits per heavy atom. The van der Waals surface area contributed by atoms with Gasteiger partial charge in [-0.3, -0.25) is 0 Å². The molecule has 0 aromatic rings. The van der Waals surface area contributed by atoms with Crippen LogP contribution in [0.2, 0.25) is 18.6 Å². The number of aliphatic hydroxyl groups excluding tert-OH is 1. The van der Waals surface area contributed by atoms with Crippen molar-refractivity contribution in [3.63, 3.8) is 0 Å². The van der Waals surface area contributed by atoms with E-state index in [1.807, 2.05) is 0 Å². The SMILES string of the molecule is C[Si](=O)CCCNCCNCC(O)COCCC[SiH3]. The van der Waals surface area contributed by atoms with E-state index in [4.69, 9.17) is 4.74 Å². The number of ether oxygens (including phenoxy) is 1. The third-order valence-corrected chi connectivity index (χ3v) is 4.46. The summed E-state index contributed by atoms with van der Waals surface area (Å²) in [5.41, 5.74) is 0. The van der Waals surface area contributed by atoms with E-state index in [9.17, 15) is 9.57 Å². The molecule has 0 amide bonds. The van der Waals surface area contributed by atoms with Gasteiger partial charge in [-0.25, -0.2) is 0 Å². The Kier molecular flexibility index (Phi) is 14.5. The van der Waals surface area contributed by atoms with Crippen LogP contribution in [0, 0.1) is 0 Å².